The van der Waals surface area contributed by atoms with Crippen LogP contribution in [0.3, 0.4) is 0 Å². The summed E-state index contributed by atoms with van der Waals surface area (Å²) in [7, 11) is -3.91. The zero-order chi connectivity index (χ0) is 18.3. The first-order chi connectivity index (χ1) is 12.5. The molecule has 4 rings (SSSR count). The fourth-order valence-electron chi connectivity index (χ4n) is 2.88. The Morgan fingerprint density at radius 1 is 0.731 bits per heavy atom. The van der Waals surface area contributed by atoms with E-state index in [4.69, 9.17) is 0 Å². The van der Waals surface area contributed by atoms with Gasteiger partial charge in [0.25, 0.3) is 10.0 Å². The summed E-state index contributed by atoms with van der Waals surface area (Å²) in [4.78, 5) is 29.0. The van der Waals surface area contributed by atoms with Gasteiger partial charge >= 0.3 is 0 Å². The Bertz CT molecular complexity index is 1160. The van der Waals surface area contributed by atoms with Gasteiger partial charge in [-0.3, -0.25) is 19.3 Å². The first-order valence-electron chi connectivity index (χ1n) is 7.73. The predicted molar refractivity (Wildman–Crippen MR) is 94.8 cm³/mol. The van der Waals surface area contributed by atoms with Crippen LogP contribution in [-0.4, -0.2) is 25.0 Å². The number of sulfonamides is 1. The van der Waals surface area contributed by atoms with Crippen LogP contribution in [0.5, 0.6) is 0 Å². The van der Waals surface area contributed by atoms with Crippen molar-refractivity contribution in [2.75, 3.05) is 4.72 Å². The summed E-state index contributed by atoms with van der Waals surface area (Å²) in [5.74, 6) is -0.655. The van der Waals surface area contributed by atoms with Crippen LogP contribution in [0.2, 0.25) is 0 Å². The molecule has 0 atom stereocenters. The quantitative estimate of drug-likeness (QED) is 0.603. The fourth-order valence-corrected chi connectivity index (χ4v) is 3.96. The largest absolute Gasteiger partial charge is 0.289 e. The van der Waals surface area contributed by atoms with Gasteiger partial charge in [0, 0.05) is 34.6 Å². The minimum absolute atomic E-state index is 0.0892. The van der Waals surface area contributed by atoms with E-state index in [1.54, 1.807) is 24.3 Å². The van der Waals surface area contributed by atoms with E-state index in [1.807, 2.05) is 0 Å². The molecule has 7 heteroatoms. The van der Waals surface area contributed by atoms with Crippen LogP contribution in [0.15, 0.2) is 71.9 Å². The highest BCUT2D eigenvalue weighted by atomic mass is 32.2. The van der Waals surface area contributed by atoms with Crippen LogP contribution < -0.4 is 4.72 Å². The molecule has 2 aromatic carbocycles. The lowest BCUT2D eigenvalue weighted by Crippen LogP contribution is -2.22. The summed E-state index contributed by atoms with van der Waals surface area (Å²) >= 11 is 0. The van der Waals surface area contributed by atoms with Crippen molar-refractivity contribution in [3.63, 3.8) is 0 Å². The Morgan fingerprint density at radius 3 is 1.96 bits per heavy atom. The number of rotatable bonds is 3. The molecular weight excluding hydrogens is 352 g/mol. The maximum atomic E-state index is 12.7. The van der Waals surface area contributed by atoms with Gasteiger partial charge in [0.1, 0.15) is 0 Å². The summed E-state index contributed by atoms with van der Waals surface area (Å²) < 4.78 is 27.6. The van der Waals surface area contributed by atoms with Gasteiger partial charge in [-0.1, -0.05) is 24.3 Å². The number of hydrogen-bond acceptors (Lipinski definition) is 5. The first-order valence-corrected chi connectivity index (χ1v) is 9.21. The van der Waals surface area contributed by atoms with E-state index in [9.17, 15) is 18.0 Å². The van der Waals surface area contributed by atoms with E-state index in [1.165, 1.54) is 42.7 Å². The number of nitrogens with zero attached hydrogens (tertiary/aromatic N) is 1. The normalized spacial score (nSPS) is 13.1. The maximum Gasteiger partial charge on any atom is 0.261 e. The SMILES string of the molecule is O=C1c2ccccc2C(=O)c2cc(S(=O)(=O)Nc3ccncc3)ccc21. The maximum absolute atomic E-state index is 12.7. The van der Waals surface area contributed by atoms with Crippen LogP contribution in [-0.2, 0) is 10.0 Å². The number of anilines is 1. The van der Waals surface area contributed by atoms with Crippen LogP contribution in [0.4, 0.5) is 5.69 Å². The molecular formula is C19H12N2O4S. The fraction of sp³-hybridized carbons (Fsp3) is 0. The molecule has 0 unspecified atom stereocenters. The molecule has 1 heterocycles. The van der Waals surface area contributed by atoms with Crippen LogP contribution in [0.25, 0.3) is 0 Å². The number of aromatic nitrogens is 1. The van der Waals surface area contributed by atoms with E-state index in [2.05, 4.69) is 9.71 Å². The molecule has 128 valence electrons. The Kier molecular flexibility index (Phi) is 3.66. The van der Waals surface area contributed by atoms with Gasteiger partial charge < -0.3 is 0 Å². The van der Waals surface area contributed by atoms with Crippen molar-refractivity contribution in [2.24, 2.45) is 0 Å². The predicted octanol–water partition coefficient (Wildman–Crippen LogP) is 2.66. The van der Waals surface area contributed by atoms with Crippen molar-refractivity contribution < 1.29 is 18.0 Å². The van der Waals surface area contributed by atoms with Gasteiger partial charge in [-0.25, -0.2) is 8.42 Å². The highest BCUT2D eigenvalue weighted by molar-refractivity contribution is 7.92. The summed E-state index contributed by atoms with van der Waals surface area (Å²) in [6.07, 6.45) is 2.92. The molecule has 0 aliphatic heterocycles. The molecule has 0 saturated heterocycles. The minimum Gasteiger partial charge on any atom is -0.289 e. The van der Waals surface area contributed by atoms with Gasteiger partial charge in [-0.05, 0) is 30.3 Å². The van der Waals surface area contributed by atoms with Crippen molar-refractivity contribution in [2.45, 2.75) is 4.90 Å². The number of fused-ring (bicyclic) bond motifs is 2. The van der Waals surface area contributed by atoms with Crippen LogP contribution in [0.1, 0.15) is 31.8 Å². The topological polar surface area (TPSA) is 93.2 Å². The van der Waals surface area contributed by atoms with Gasteiger partial charge in [0.05, 0.1) is 10.6 Å². The number of carbonyl (C=O) groups is 2. The average molecular weight is 364 g/mol. The third kappa shape index (κ3) is 2.58. The zero-order valence-electron chi connectivity index (χ0n) is 13.3. The Labute approximate surface area is 149 Å². The van der Waals surface area contributed by atoms with Gasteiger partial charge in [-0.15, -0.1) is 0 Å². The Morgan fingerprint density at radius 2 is 1.31 bits per heavy atom. The van der Waals surface area contributed by atoms with Gasteiger partial charge in [0.15, 0.2) is 11.6 Å². The monoisotopic (exact) mass is 364 g/mol. The second-order valence-corrected chi connectivity index (χ2v) is 7.44. The number of nitrogens with one attached hydrogen (secondary N) is 1. The van der Waals surface area contributed by atoms with E-state index < -0.39 is 10.0 Å². The second kappa shape index (κ2) is 5.89. The lowest BCUT2D eigenvalue weighted by atomic mass is 9.84. The number of hydrogen-bond donors (Lipinski definition) is 1. The molecule has 0 saturated carbocycles. The molecule has 0 fully saturated rings. The molecule has 1 aromatic heterocycles. The average Bonchev–Trinajstić information content (AvgIpc) is 2.66. The minimum atomic E-state index is -3.91. The van der Waals surface area contributed by atoms with Gasteiger partial charge in [0.2, 0.25) is 0 Å². The smallest absolute Gasteiger partial charge is 0.261 e. The molecule has 3 aromatic rings. The molecule has 26 heavy (non-hydrogen) atoms. The van der Waals surface area contributed by atoms with E-state index in [-0.39, 0.29) is 33.2 Å². The first kappa shape index (κ1) is 16.2. The van der Waals surface area contributed by atoms with Crippen LogP contribution in [0, 0.1) is 0 Å². The standard InChI is InChI=1S/C19H12N2O4S/c22-18-14-3-1-2-4-15(14)19(23)17-11-13(5-6-16(17)18)26(24,25)21-12-7-9-20-10-8-12/h1-11H,(H,20,21). The summed E-state index contributed by atoms with van der Waals surface area (Å²) in [6, 6.07) is 13.5. The summed E-state index contributed by atoms with van der Waals surface area (Å²) in [6.45, 7) is 0. The molecule has 0 radical (unpaired) electrons. The summed E-state index contributed by atoms with van der Waals surface area (Å²) in [5, 5.41) is 0. The number of ketones is 2. The molecule has 0 bridgehead atoms. The lowest BCUT2D eigenvalue weighted by molar-refractivity contribution is 0.0979. The zero-order valence-corrected chi connectivity index (χ0v) is 14.2. The molecule has 0 spiro atoms. The third-order valence-corrected chi connectivity index (χ3v) is 5.52. The van der Waals surface area contributed by atoms with Crippen molar-refractivity contribution in [1.29, 1.82) is 0 Å². The molecule has 6 nitrogen and oxygen atoms in total. The van der Waals surface area contributed by atoms with E-state index in [0.29, 0.717) is 11.3 Å². The highest BCUT2D eigenvalue weighted by Crippen LogP contribution is 2.29. The number of carbonyl (C=O) groups excluding carboxylic acids is 2. The van der Waals surface area contributed by atoms with Gasteiger partial charge in [-0.2, -0.15) is 0 Å². The van der Waals surface area contributed by atoms with E-state index >= 15 is 0 Å². The second-order valence-electron chi connectivity index (χ2n) is 5.75. The van der Waals surface area contributed by atoms with Crippen molar-refractivity contribution >= 4 is 27.3 Å². The Hall–Kier alpha value is -3.32. The van der Waals surface area contributed by atoms with Crippen LogP contribution >= 0.6 is 0 Å². The van der Waals surface area contributed by atoms with Crippen molar-refractivity contribution in [3.8, 4) is 0 Å². The summed E-state index contributed by atoms with van der Waals surface area (Å²) in [5.41, 5.74) is 1.26. The van der Waals surface area contributed by atoms with Crippen molar-refractivity contribution in [1.82, 2.24) is 4.98 Å². The molecule has 1 aliphatic carbocycles. The number of pyridine rings is 1. The highest BCUT2D eigenvalue weighted by Gasteiger charge is 2.30. The Balaban J connectivity index is 1.78. The third-order valence-electron chi connectivity index (χ3n) is 4.14. The molecule has 1 aliphatic rings. The van der Waals surface area contributed by atoms with Crippen molar-refractivity contribution in [3.05, 3.63) is 89.2 Å². The number of benzene rings is 2. The van der Waals surface area contributed by atoms with E-state index in [0.717, 1.165) is 0 Å². The molecule has 1 N–H and O–H groups in total. The lowest BCUT2D eigenvalue weighted by Gasteiger charge is -2.18. The molecule has 0 amide bonds.